The van der Waals surface area contributed by atoms with E-state index in [0.717, 1.165) is 12.8 Å². The average molecular weight is 465 g/mol. The van der Waals surface area contributed by atoms with Crippen molar-refractivity contribution in [2.75, 3.05) is 13.2 Å². The summed E-state index contributed by atoms with van der Waals surface area (Å²) in [6.07, 6.45) is 1.75. The molecule has 0 heterocycles. The van der Waals surface area contributed by atoms with Crippen LogP contribution in [0, 0.1) is 0 Å². The van der Waals surface area contributed by atoms with Crippen molar-refractivity contribution in [3.05, 3.63) is 0 Å². The van der Waals surface area contributed by atoms with Gasteiger partial charge in [-0.3, -0.25) is 0 Å². The van der Waals surface area contributed by atoms with Crippen LogP contribution in [0.5, 0.6) is 0 Å². The van der Waals surface area contributed by atoms with Crippen molar-refractivity contribution in [1.29, 1.82) is 0 Å². The van der Waals surface area contributed by atoms with Crippen LogP contribution < -0.4 is 0 Å². The molecule has 0 aliphatic rings. The van der Waals surface area contributed by atoms with Crippen molar-refractivity contribution in [3.8, 4) is 0 Å². The standard InChI is InChI=1S/2C3H8O.2HI.Zr/c2*1-2-3-4;;;/h2*4H,2-3H2,1H3;2*1H;/q;;;;+2/p-2. The van der Waals surface area contributed by atoms with Gasteiger partial charge in [-0.05, 0) is 12.8 Å². The number of hydrogen-bond acceptors (Lipinski definition) is 2. The third-order valence-corrected chi connectivity index (χ3v) is 0.447. The minimum atomic E-state index is 0.170. The quantitative estimate of drug-likeness (QED) is 0.616. The molecule has 0 amide bonds. The van der Waals surface area contributed by atoms with Crippen LogP contribution in [0.25, 0.3) is 0 Å². The molecule has 0 saturated heterocycles. The number of halogens is 2. The Kier molecular flexibility index (Phi) is 50.8. The Balaban J connectivity index is -0.0000000886. The van der Waals surface area contributed by atoms with Gasteiger partial charge < -0.3 is 10.2 Å². The van der Waals surface area contributed by atoms with Crippen LogP contribution in [0.2, 0.25) is 0 Å². The first-order chi connectivity index (χ1) is 5.24. The van der Waals surface area contributed by atoms with Crippen LogP contribution in [0.4, 0.5) is 0 Å². The van der Waals surface area contributed by atoms with Crippen molar-refractivity contribution in [2.24, 2.45) is 0 Å². The normalized spacial score (nSPS) is 6.73. The van der Waals surface area contributed by atoms with E-state index in [0.29, 0.717) is 13.2 Å². The van der Waals surface area contributed by atoms with Crippen LogP contribution in [-0.4, -0.2) is 23.4 Å². The van der Waals surface area contributed by atoms with Gasteiger partial charge in [-0.1, -0.05) is 13.8 Å². The summed E-state index contributed by atoms with van der Waals surface area (Å²) in [5.41, 5.74) is 0. The predicted octanol–water partition coefficient (Wildman–Crippen LogP) is 2.55. The SMILES string of the molecule is CCCO.CCCO.[I][Zr][I]. The topological polar surface area (TPSA) is 40.5 Å². The summed E-state index contributed by atoms with van der Waals surface area (Å²) in [5, 5.41) is 15.8. The number of aliphatic hydroxyl groups is 2. The molecule has 0 atom stereocenters. The van der Waals surface area contributed by atoms with Gasteiger partial charge in [0.15, 0.2) is 0 Å². The zero-order valence-electron chi connectivity index (χ0n) is 6.98. The molecule has 5 heteroatoms. The number of aliphatic hydroxyl groups excluding tert-OH is 2. The van der Waals surface area contributed by atoms with Gasteiger partial charge in [-0.2, -0.15) is 0 Å². The van der Waals surface area contributed by atoms with Gasteiger partial charge in [-0.15, -0.1) is 0 Å². The van der Waals surface area contributed by atoms with E-state index in [1.807, 2.05) is 13.8 Å². The van der Waals surface area contributed by atoms with Gasteiger partial charge in [0.2, 0.25) is 0 Å². The molecule has 2 N–H and O–H groups in total. The van der Waals surface area contributed by atoms with Crippen molar-refractivity contribution < 1.29 is 25.1 Å². The predicted molar refractivity (Wildman–Crippen MR) is 62.8 cm³/mol. The average Bonchev–Trinajstić information content (AvgIpc) is 2.06. The van der Waals surface area contributed by atoms with E-state index in [4.69, 9.17) is 10.2 Å². The molecule has 0 bridgehead atoms. The number of hydrogen-bond donors (Lipinski definition) is 2. The number of rotatable bonds is 2. The summed E-state index contributed by atoms with van der Waals surface area (Å²) >= 11 is 5.06. The second-order valence-corrected chi connectivity index (χ2v) is 20.5. The van der Waals surface area contributed by atoms with Crippen LogP contribution >= 0.6 is 36.1 Å². The molecule has 0 unspecified atom stereocenters. The van der Waals surface area contributed by atoms with E-state index in [-0.39, 0.29) is 14.9 Å². The van der Waals surface area contributed by atoms with Gasteiger partial charge in [0.05, 0.1) is 0 Å². The molecule has 0 aromatic carbocycles. The minimum absolute atomic E-state index is 0.170. The second kappa shape index (κ2) is 29.5. The Morgan fingerprint density at radius 3 is 1.09 bits per heavy atom. The molecule has 0 spiro atoms. The van der Waals surface area contributed by atoms with E-state index < -0.39 is 0 Å². The van der Waals surface area contributed by atoms with Crippen LogP contribution in [0.3, 0.4) is 0 Å². The van der Waals surface area contributed by atoms with Crippen molar-refractivity contribution in [2.45, 2.75) is 26.7 Å². The van der Waals surface area contributed by atoms with E-state index >= 15 is 0 Å². The maximum absolute atomic E-state index is 7.88. The van der Waals surface area contributed by atoms with Gasteiger partial charge in [0, 0.05) is 13.2 Å². The monoisotopic (exact) mass is 464 g/mol. The zero-order valence-corrected chi connectivity index (χ0v) is 13.8. The summed E-state index contributed by atoms with van der Waals surface area (Å²) in [6, 6.07) is 0. The Labute approximate surface area is 99.5 Å². The third kappa shape index (κ3) is 71.1. The molecule has 0 saturated carbocycles. The first kappa shape index (κ1) is 18.9. The van der Waals surface area contributed by atoms with Crippen molar-refractivity contribution in [3.63, 3.8) is 0 Å². The fourth-order valence-electron chi connectivity index (χ4n) is 0. The Bertz CT molecular complexity index is 33.8. The summed E-state index contributed by atoms with van der Waals surface area (Å²) < 4.78 is 0. The van der Waals surface area contributed by atoms with Crippen LogP contribution in [-0.2, 0) is 14.9 Å². The molecule has 11 heavy (non-hydrogen) atoms. The van der Waals surface area contributed by atoms with Crippen LogP contribution in [0.1, 0.15) is 26.7 Å². The molecule has 0 aliphatic carbocycles. The second-order valence-electron chi connectivity index (χ2n) is 1.52. The Hall–Kier alpha value is 2.26. The van der Waals surface area contributed by atoms with Gasteiger partial charge in [0.1, 0.15) is 0 Å². The molecule has 70 valence electrons. The molecular formula is C6H16I2O2Zr. The first-order valence-corrected chi connectivity index (χ1v) is 18.0. The molecule has 0 fully saturated rings. The van der Waals surface area contributed by atoms with E-state index in [9.17, 15) is 0 Å². The summed E-state index contributed by atoms with van der Waals surface area (Å²) in [7, 11) is 0. The Morgan fingerprint density at radius 1 is 1.00 bits per heavy atom. The van der Waals surface area contributed by atoms with Gasteiger partial charge in [-0.25, -0.2) is 0 Å². The summed E-state index contributed by atoms with van der Waals surface area (Å²) in [4.78, 5) is 0. The van der Waals surface area contributed by atoms with Gasteiger partial charge >= 0.3 is 50.9 Å². The Morgan fingerprint density at radius 2 is 1.09 bits per heavy atom. The van der Waals surface area contributed by atoms with Gasteiger partial charge in [0.25, 0.3) is 0 Å². The fraction of sp³-hybridized carbons (Fsp3) is 1.00. The van der Waals surface area contributed by atoms with Crippen molar-refractivity contribution >= 4 is 36.1 Å². The molecular weight excluding hydrogens is 449 g/mol. The summed E-state index contributed by atoms with van der Waals surface area (Å²) in [6.45, 7) is 4.50. The van der Waals surface area contributed by atoms with E-state index in [1.165, 1.54) is 0 Å². The zero-order chi connectivity index (χ0) is 9.54. The first-order valence-electron chi connectivity index (χ1n) is 3.42. The molecule has 2 nitrogen and oxygen atoms in total. The summed E-state index contributed by atoms with van der Waals surface area (Å²) in [5.74, 6) is 0. The fourth-order valence-corrected chi connectivity index (χ4v) is 0. The molecule has 0 aromatic heterocycles. The molecule has 0 rings (SSSR count). The molecule has 0 aliphatic heterocycles. The van der Waals surface area contributed by atoms with Crippen LogP contribution in [0.15, 0.2) is 0 Å². The molecule has 0 aromatic rings. The van der Waals surface area contributed by atoms with E-state index in [1.54, 1.807) is 0 Å². The maximum atomic E-state index is 7.88. The van der Waals surface area contributed by atoms with E-state index in [2.05, 4.69) is 36.1 Å². The van der Waals surface area contributed by atoms with Crippen molar-refractivity contribution in [1.82, 2.24) is 0 Å². The third-order valence-electron chi connectivity index (χ3n) is 0.447. The molecule has 0 radical (unpaired) electrons.